The first kappa shape index (κ1) is 43.5. The van der Waals surface area contributed by atoms with Gasteiger partial charge >= 0.3 is 0 Å². The third kappa shape index (κ3) is 11.2. The summed E-state index contributed by atoms with van der Waals surface area (Å²) in [5, 5.41) is 22.6. The van der Waals surface area contributed by atoms with Gasteiger partial charge in [0, 0.05) is 109 Å². The van der Waals surface area contributed by atoms with E-state index in [2.05, 4.69) is 15.6 Å². The van der Waals surface area contributed by atoms with Gasteiger partial charge in [0.05, 0.1) is 22.8 Å². The number of aliphatic hydroxyl groups excluding tert-OH is 1. The highest BCUT2D eigenvalue weighted by molar-refractivity contribution is 7.16. The number of halogens is 1. The molecular weight excluding hydrogens is 794 g/mol. The van der Waals surface area contributed by atoms with Crippen molar-refractivity contribution in [1.29, 1.82) is 0 Å². The molecule has 2 aliphatic rings. The molecule has 0 spiro atoms. The van der Waals surface area contributed by atoms with E-state index in [9.17, 15) is 29.1 Å². The Balaban J connectivity index is 0.857. The summed E-state index contributed by atoms with van der Waals surface area (Å²) < 4.78 is 1.79. The lowest BCUT2D eigenvalue weighted by Gasteiger charge is -2.33. The molecule has 0 atom stereocenters. The first-order valence-corrected chi connectivity index (χ1v) is 21.4. The Labute approximate surface area is 353 Å². The lowest BCUT2D eigenvalue weighted by Crippen LogP contribution is -2.51. The van der Waals surface area contributed by atoms with Gasteiger partial charge in [0.1, 0.15) is 13.2 Å². The molecule has 0 bridgehead atoms. The maximum atomic E-state index is 12.8. The van der Waals surface area contributed by atoms with E-state index < -0.39 is 6.61 Å². The van der Waals surface area contributed by atoms with Gasteiger partial charge in [-0.15, -0.1) is 11.3 Å². The van der Waals surface area contributed by atoms with Crippen molar-refractivity contribution in [3.8, 4) is 11.3 Å². The number of unbranched alkanes of at least 4 members (excludes halogenated alkanes) is 2. The van der Waals surface area contributed by atoms with E-state index in [4.69, 9.17) is 16.7 Å². The molecule has 1 fully saturated rings. The largest absolute Gasteiger partial charge is 0.387 e. The van der Waals surface area contributed by atoms with E-state index >= 15 is 0 Å². The number of aromatic amines is 1. The van der Waals surface area contributed by atoms with Crippen LogP contribution in [0.5, 0.6) is 0 Å². The summed E-state index contributed by atoms with van der Waals surface area (Å²) in [4.78, 5) is 74.1. The van der Waals surface area contributed by atoms with Gasteiger partial charge in [-0.3, -0.25) is 28.7 Å². The number of carbonyl (C=O) groups is 5. The third-order valence-corrected chi connectivity index (χ3v) is 12.3. The van der Waals surface area contributed by atoms with Crippen LogP contribution in [-0.4, -0.2) is 131 Å². The number of aryl methyl sites for hydroxylation is 2. The van der Waals surface area contributed by atoms with Crippen molar-refractivity contribution in [3.63, 3.8) is 0 Å². The molecule has 5 heterocycles. The number of fused-ring (bicyclic) bond motifs is 3. The second-order valence-electron chi connectivity index (χ2n) is 15.3. The van der Waals surface area contributed by atoms with Crippen LogP contribution in [0.15, 0.2) is 42.6 Å². The fourth-order valence-corrected chi connectivity index (χ4v) is 8.65. The number of H-pyrrole nitrogens is 1. The minimum absolute atomic E-state index is 0.0328. The standard InChI is InChI=1S/C42H54ClN9O6S/c1-28-32(43)24-30(41-31-25-49(39(58)27-53)19-14-33(31)46-42(28)41)34-15-20-51(47-34)21-17-45-35(54)8-5-4-6-16-44-36(55)12-10-29-11-13-40(59-29)52-23-22-50(26-38(52)57)37(56)9-7-18-48(2)3/h7,9,11,13,15,20,24,46,53H,4-6,8,10,12,14,16-19,21-23,25-27H2,1-3H3,(H,44,55)(H,45,54)/b9-7+. The molecule has 1 saturated heterocycles. The number of piperazine rings is 1. The number of rotatable bonds is 18. The molecule has 0 aliphatic carbocycles. The number of amides is 5. The number of aliphatic hydroxyl groups is 1. The van der Waals surface area contributed by atoms with Gasteiger partial charge in [-0.25, -0.2) is 0 Å². The summed E-state index contributed by atoms with van der Waals surface area (Å²) in [6.07, 6.45) is 9.47. The number of benzene rings is 1. The third-order valence-electron chi connectivity index (χ3n) is 10.7. The van der Waals surface area contributed by atoms with Gasteiger partial charge in [-0.2, -0.15) is 5.10 Å². The van der Waals surface area contributed by atoms with Gasteiger partial charge in [-0.05, 0) is 70.1 Å². The van der Waals surface area contributed by atoms with Crippen LogP contribution in [0, 0.1) is 6.92 Å². The van der Waals surface area contributed by atoms with Crippen molar-refractivity contribution < 1.29 is 29.1 Å². The van der Waals surface area contributed by atoms with Crippen LogP contribution in [0.4, 0.5) is 5.00 Å². The molecule has 4 N–H and O–H groups in total. The lowest BCUT2D eigenvalue weighted by atomic mass is 9.97. The van der Waals surface area contributed by atoms with Crippen LogP contribution in [0.1, 0.15) is 53.8 Å². The number of anilines is 1. The van der Waals surface area contributed by atoms with Gasteiger partial charge < -0.3 is 40.3 Å². The Morgan fingerprint density at radius 3 is 2.58 bits per heavy atom. The molecule has 0 radical (unpaired) electrons. The summed E-state index contributed by atoms with van der Waals surface area (Å²) in [7, 11) is 3.85. The first-order chi connectivity index (χ1) is 28.4. The summed E-state index contributed by atoms with van der Waals surface area (Å²) in [6.45, 7) is 5.44. The summed E-state index contributed by atoms with van der Waals surface area (Å²) in [6, 6.07) is 7.69. The molecule has 4 aromatic rings. The quantitative estimate of drug-likeness (QED) is 0.0867. The van der Waals surface area contributed by atoms with Gasteiger partial charge in [0.2, 0.25) is 29.5 Å². The molecule has 2 aliphatic heterocycles. The summed E-state index contributed by atoms with van der Waals surface area (Å²) in [5.41, 5.74) is 5.52. The van der Waals surface area contributed by atoms with Crippen molar-refractivity contribution >= 4 is 68.4 Å². The van der Waals surface area contributed by atoms with Gasteiger partial charge in [0.25, 0.3) is 0 Å². The van der Waals surface area contributed by atoms with Crippen LogP contribution in [0.3, 0.4) is 0 Å². The van der Waals surface area contributed by atoms with Crippen molar-refractivity contribution in [2.75, 3.05) is 71.4 Å². The number of hydrogen-bond donors (Lipinski definition) is 4. The number of nitrogens with one attached hydrogen (secondary N) is 3. The Kier molecular flexibility index (Phi) is 15.0. The van der Waals surface area contributed by atoms with E-state index in [1.807, 2.05) is 56.4 Å². The van der Waals surface area contributed by atoms with E-state index in [0.717, 1.165) is 61.7 Å². The minimum atomic E-state index is -0.522. The molecular formula is C42H54ClN9O6S. The molecule has 15 nitrogen and oxygen atoms in total. The lowest BCUT2D eigenvalue weighted by molar-refractivity contribution is -0.135. The highest BCUT2D eigenvalue weighted by atomic mass is 35.5. The molecule has 6 rings (SSSR count). The van der Waals surface area contributed by atoms with E-state index in [1.54, 1.807) is 25.5 Å². The summed E-state index contributed by atoms with van der Waals surface area (Å²) >= 11 is 8.16. The zero-order valence-corrected chi connectivity index (χ0v) is 35.6. The predicted molar refractivity (Wildman–Crippen MR) is 229 cm³/mol. The highest BCUT2D eigenvalue weighted by Gasteiger charge is 2.29. The normalized spacial score (nSPS) is 14.5. The number of hydrogen-bond acceptors (Lipinski definition) is 9. The van der Waals surface area contributed by atoms with Crippen molar-refractivity contribution in [3.05, 3.63) is 69.3 Å². The Morgan fingerprint density at radius 1 is 1.00 bits per heavy atom. The number of nitrogens with zero attached hydrogens (tertiary/aromatic N) is 6. The molecule has 0 unspecified atom stereocenters. The molecule has 3 aromatic heterocycles. The second-order valence-corrected chi connectivity index (χ2v) is 16.8. The van der Waals surface area contributed by atoms with Crippen LogP contribution < -0.4 is 15.5 Å². The minimum Gasteiger partial charge on any atom is -0.387 e. The topological polar surface area (TPSA) is 176 Å². The monoisotopic (exact) mass is 847 g/mol. The van der Waals surface area contributed by atoms with Crippen molar-refractivity contribution in [1.82, 2.24) is 40.1 Å². The van der Waals surface area contributed by atoms with Gasteiger partial charge in [-0.1, -0.05) is 24.1 Å². The number of carbonyl (C=O) groups excluding carboxylic acids is 5. The zero-order valence-electron chi connectivity index (χ0n) is 34.0. The molecule has 1 aromatic carbocycles. The number of likely N-dealkylation sites (N-methyl/N-ethyl adjacent to an activating group) is 1. The molecule has 5 amide bonds. The summed E-state index contributed by atoms with van der Waals surface area (Å²) in [5.74, 6) is -0.637. The average Bonchev–Trinajstić information content (AvgIpc) is 3.98. The van der Waals surface area contributed by atoms with E-state index in [1.165, 1.54) is 17.4 Å². The first-order valence-electron chi connectivity index (χ1n) is 20.2. The van der Waals surface area contributed by atoms with E-state index in [-0.39, 0.29) is 36.1 Å². The zero-order chi connectivity index (χ0) is 42.1. The number of thiophene rings is 1. The Hall–Kier alpha value is -5.03. The van der Waals surface area contributed by atoms with Crippen LogP contribution in [0.2, 0.25) is 5.02 Å². The van der Waals surface area contributed by atoms with Crippen molar-refractivity contribution in [2.45, 2.75) is 65.0 Å². The maximum Gasteiger partial charge on any atom is 0.248 e. The Bertz CT molecular complexity index is 2190. The number of aromatic nitrogens is 3. The van der Waals surface area contributed by atoms with Crippen molar-refractivity contribution in [2.24, 2.45) is 0 Å². The SMILES string of the molecule is Cc1c(Cl)cc(-c2ccn(CCNC(=O)CCCCCNC(=O)CCc3ccc(N4CCN(C(=O)/C=C/CN(C)C)CC4=O)s3)n2)c2c3c([nH]c12)CCN(C(=O)CO)C3. The Morgan fingerprint density at radius 2 is 1.80 bits per heavy atom. The fraction of sp³-hybridized carbons (Fsp3) is 0.476. The second kappa shape index (κ2) is 20.3. The van der Waals surface area contributed by atoms with Gasteiger partial charge in [0.15, 0.2) is 0 Å². The molecule has 316 valence electrons. The van der Waals surface area contributed by atoms with Crippen LogP contribution >= 0.6 is 22.9 Å². The highest BCUT2D eigenvalue weighted by Crippen LogP contribution is 2.39. The van der Waals surface area contributed by atoms with E-state index in [0.29, 0.717) is 89.5 Å². The maximum absolute atomic E-state index is 12.8. The molecule has 0 saturated carbocycles. The van der Waals surface area contributed by atoms with Crippen LogP contribution in [-0.2, 0) is 49.9 Å². The molecule has 17 heteroatoms. The smallest absolute Gasteiger partial charge is 0.248 e. The average molecular weight is 848 g/mol. The predicted octanol–water partition coefficient (Wildman–Crippen LogP) is 3.65. The van der Waals surface area contributed by atoms with Crippen LogP contribution in [0.25, 0.3) is 22.2 Å². The molecule has 59 heavy (non-hydrogen) atoms. The fourth-order valence-electron chi connectivity index (χ4n) is 7.39.